The molecule has 7 heteroatoms. The van der Waals surface area contributed by atoms with E-state index >= 15 is 0 Å². The van der Waals surface area contributed by atoms with Gasteiger partial charge in [-0.15, -0.1) is 11.3 Å². The van der Waals surface area contributed by atoms with Crippen LogP contribution in [-0.2, 0) is 10.0 Å². The fourth-order valence-electron chi connectivity index (χ4n) is 3.22. The fraction of sp³-hybridized carbons (Fsp3) is 0.312. The van der Waals surface area contributed by atoms with E-state index < -0.39 is 15.6 Å². The Morgan fingerprint density at radius 1 is 1.17 bits per heavy atom. The normalized spacial score (nSPS) is 24.6. The first-order valence-corrected chi connectivity index (χ1v) is 9.67. The van der Waals surface area contributed by atoms with Crippen molar-refractivity contribution in [2.75, 3.05) is 13.1 Å². The maximum Gasteiger partial charge on any atom is 0.252 e. The van der Waals surface area contributed by atoms with Gasteiger partial charge >= 0.3 is 0 Å². The van der Waals surface area contributed by atoms with E-state index in [1.165, 1.54) is 15.6 Å². The zero-order valence-corrected chi connectivity index (χ0v) is 13.9. The van der Waals surface area contributed by atoms with Crippen LogP contribution < -0.4 is 4.74 Å². The van der Waals surface area contributed by atoms with Crippen molar-refractivity contribution < 1.29 is 17.9 Å². The molecule has 2 aliphatic rings. The van der Waals surface area contributed by atoms with Gasteiger partial charge in [0.25, 0.3) is 10.0 Å². The number of fused-ring (bicyclic) bond motifs is 1. The molecule has 0 amide bonds. The third kappa shape index (κ3) is 2.39. The zero-order valence-electron chi connectivity index (χ0n) is 12.3. The van der Waals surface area contributed by atoms with E-state index in [0.29, 0.717) is 28.5 Å². The van der Waals surface area contributed by atoms with Gasteiger partial charge in [-0.25, -0.2) is 8.42 Å². The van der Waals surface area contributed by atoms with Crippen molar-refractivity contribution in [3.05, 3.63) is 47.3 Å². The van der Waals surface area contributed by atoms with Crippen molar-refractivity contribution >= 4 is 27.1 Å². The number of hydrogen-bond donors (Lipinski definition) is 0. The highest BCUT2D eigenvalue weighted by Crippen LogP contribution is 2.40. The highest BCUT2D eigenvalue weighted by Gasteiger charge is 2.49. The minimum Gasteiger partial charge on any atom is -0.485 e. The summed E-state index contributed by atoms with van der Waals surface area (Å²) < 4.78 is 33.1. The average Bonchev–Trinajstić information content (AvgIpc) is 3.18. The maximum absolute atomic E-state index is 12.6. The molecule has 3 heterocycles. The quantitative estimate of drug-likeness (QED) is 0.836. The number of thiophene rings is 1. The largest absolute Gasteiger partial charge is 0.485 e. The summed E-state index contributed by atoms with van der Waals surface area (Å²) >= 11 is 1.20. The third-order valence-corrected chi connectivity index (χ3v) is 7.59. The van der Waals surface area contributed by atoms with Crippen LogP contribution in [-0.4, -0.2) is 37.2 Å². The Morgan fingerprint density at radius 3 is 2.78 bits per heavy atom. The predicted octanol–water partition coefficient (Wildman–Crippen LogP) is 2.55. The minimum atomic E-state index is -3.51. The Labute approximate surface area is 138 Å². The van der Waals surface area contributed by atoms with Crippen molar-refractivity contribution in [2.24, 2.45) is 0 Å². The summed E-state index contributed by atoms with van der Waals surface area (Å²) in [5, 5.41) is 1.75. The lowest BCUT2D eigenvalue weighted by Crippen LogP contribution is -2.45. The summed E-state index contributed by atoms with van der Waals surface area (Å²) in [6.07, 6.45) is 0.748. The monoisotopic (exact) mass is 349 g/mol. The topological polar surface area (TPSA) is 63.7 Å². The summed E-state index contributed by atoms with van der Waals surface area (Å²) in [6, 6.07) is 10.5. The van der Waals surface area contributed by atoms with Crippen LogP contribution in [0.15, 0.2) is 46.0 Å². The number of carbonyl (C=O) groups excluding carboxylic acids is 1. The molecule has 5 nitrogen and oxygen atoms in total. The molecule has 0 radical (unpaired) electrons. The van der Waals surface area contributed by atoms with Gasteiger partial charge in [0.05, 0.1) is 18.5 Å². The van der Waals surface area contributed by atoms with Crippen LogP contribution >= 0.6 is 11.3 Å². The van der Waals surface area contributed by atoms with E-state index in [4.69, 9.17) is 4.74 Å². The first-order valence-electron chi connectivity index (χ1n) is 7.35. The SMILES string of the molecule is O=C1C[C@]2(CCN(S(=O)(=O)c3cccs3)C2)Oc2ccccc21. The highest BCUT2D eigenvalue weighted by atomic mass is 32.2. The Hall–Kier alpha value is -1.70. The van der Waals surface area contributed by atoms with Crippen molar-refractivity contribution in [1.29, 1.82) is 0 Å². The number of rotatable bonds is 2. The second-order valence-electron chi connectivity index (χ2n) is 5.90. The van der Waals surface area contributed by atoms with Crippen LogP contribution in [0.1, 0.15) is 23.2 Å². The predicted molar refractivity (Wildman–Crippen MR) is 86.4 cm³/mol. The number of benzene rings is 1. The molecule has 1 fully saturated rings. The molecule has 0 bridgehead atoms. The minimum absolute atomic E-state index is 0.0159. The van der Waals surface area contributed by atoms with Gasteiger partial charge in [0, 0.05) is 13.0 Å². The van der Waals surface area contributed by atoms with E-state index in [1.54, 1.807) is 35.7 Å². The van der Waals surface area contributed by atoms with Crippen molar-refractivity contribution in [2.45, 2.75) is 22.7 Å². The molecule has 23 heavy (non-hydrogen) atoms. The summed E-state index contributed by atoms with van der Waals surface area (Å²) in [4.78, 5) is 12.4. The van der Waals surface area contributed by atoms with Gasteiger partial charge in [-0.1, -0.05) is 18.2 Å². The number of nitrogens with zero attached hydrogens (tertiary/aromatic N) is 1. The molecule has 2 aromatic rings. The smallest absolute Gasteiger partial charge is 0.252 e. The number of ketones is 1. The molecule has 1 aromatic heterocycles. The molecule has 2 aliphatic heterocycles. The highest BCUT2D eigenvalue weighted by molar-refractivity contribution is 7.91. The van der Waals surface area contributed by atoms with Gasteiger partial charge in [0.2, 0.25) is 0 Å². The standard InChI is InChI=1S/C16H15NO4S2/c18-13-10-16(21-14-5-2-1-4-12(13)14)7-8-17(11-16)23(19,20)15-6-3-9-22-15/h1-6,9H,7-8,10-11H2/t16-/m0/s1. The Morgan fingerprint density at radius 2 is 2.00 bits per heavy atom. The lowest BCUT2D eigenvalue weighted by Gasteiger charge is -2.34. The van der Waals surface area contributed by atoms with Crippen molar-refractivity contribution in [3.8, 4) is 5.75 Å². The van der Waals surface area contributed by atoms with E-state index in [9.17, 15) is 13.2 Å². The van der Waals surface area contributed by atoms with Gasteiger partial charge in [0.15, 0.2) is 5.78 Å². The van der Waals surface area contributed by atoms with Gasteiger partial charge in [-0.05, 0) is 23.6 Å². The molecule has 1 aromatic carbocycles. The Balaban J connectivity index is 1.63. The van der Waals surface area contributed by atoms with Gasteiger partial charge < -0.3 is 4.74 Å². The molecule has 1 atom stereocenters. The van der Waals surface area contributed by atoms with Crippen molar-refractivity contribution in [1.82, 2.24) is 4.31 Å². The van der Waals surface area contributed by atoms with Crippen LogP contribution in [0, 0.1) is 0 Å². The molecule has 120 valence electrons. The molecule has 0 N–H and O–H groups in total. The van der Waals surface area contributed by atoms with Gasteiger partial charge in [-0.3, -0.25) is 4.79 Å². The number of Topliss-reactive ketones (excluding diaryl/α,β-unsaturated/α-hetero) is 1. The van der Waals surface area contributed by atoms with Crippen LogP contribution in [0.3, 0.4) is 0 Å². The molecular formula is C16H15NO4S2. The summed E-state index contributed by atoms with van der Waals surface area (Å²) in [5.41, 5.74) is -0.159. The number of carbonyl (C=O) groups is 1. The molecule has 1 saturated heterocycles. The van der Waals surface area contributed by atoms with Crippen LogP contribution in [0.4, 0.5) is 0 Å². The molecule has 4 rings (SSSR count). The Kier molecular flexibility index (Phi) is 3.33. The van der Waals surface area contributed by atoms with Crippen LogP contribution in [0.5, 0.6) is 5.75 Å². The van der Waals surface area contributed by atoms with E-state index in [2.05, 4.69) is 0 Å². The van der Waals surface area contributed by atoms with E-state index in [-0.39, 0.29) is 18.7 Å². The molecule has 0 aliphatic carbocycles. The van der Waals surface area contributed by atoms with Gasteiger partial charge in [-0.2, -0.15) is 4.31 Å². The number of ether oxygens (including phenoxy) is 1. The maximum atomic E-state index is 12.6. The van der Waals surface area contributed by atoms with Crippen molar-refractivity contribution in [3.63, 3.8) is 0 Å². The summed E-state index contributed by atoms with van der Waals surface area (Å²) in [6.45, 7) is 0.586. The van der Waals surface area contributed by atoms with Crippen LogP contribution in [0.2, 0.25) is 0 Å². The second-order valence-corrected chi connectivity index (χ2v) is 9.01. The van der Waals surface area contributed by atoms with Gasteiger partial charge in [0.1, 0.15) is 15.6 Å². The third-order valence-electron chi connectivity index (χ3n) is 4.37. The molecular weight excluding hydrogens is 334 g/mol. The van der Waals surface area contributed by atoms with E-state index in [0.717, 1.165) is 0 Å². The first-order chi connectivity index (χ1) is 11.0. The average molecular weight is 349 g/mol. The lowest BCUT2D eigenvalue weighted by atomic mass is 9.89. The Bertz CT molecular complexity index is 860. The zero-order chi connectivity index (χ0) is 16.1. The summed E-state index contributed by atoms with van der Waals surface area (Å²) in [5.74, 6) is 0.571. The van der Waals surface area contributed by atoms with E-state index in [1.807, 2.05) is 6.07 Å². The first kappa shape index (κ1) is 14.9. The fourth-order valence-corrected chi connectivity index (χ4v) is 5.88. The molecule has 0 unspecified atom stereocenters. The number of para-hydroxylation sites is 1. The lowest BCUT2D eigenvalue weighted by molar-refractivity contribution is 0.0498. The number of hydrogen-bond acceptors (Lipinski definition) is 5. The number of sulfonamides is 1. The summed E-state index contributed by atoms with van der Waals surface area (Å²) in [7, 11) is -3.51. The second kappa shape index (κ2) is 5.15. The molecule has 0 saturated carbocycles. The van der Waals surface area contributed by atoms with Crippen LogP contribution in [0.25, 0.3) is 0 Å². The molecule has 1 spiro atoms.